The number of aryl methyl sites for hydroxylation is 3. The van der Waals surface area contributed by atoms with E-state index in [1.807, 2.05) is 90.7 Å². The molecule has 41 heavy (non-hydrogen) atoms. The Kier molecular flexibility index (Phi) is 13.9. The lowest BCUT2D eigenvalue weighted by Gasteiger charge is -2.27. The van der Waals surface area contributed by atoms with Gasteiger partial charge in [0.15, 0.2) is 0 Å². The summed E-state index contributed by atoms with van der Waals surface area (Å²) in [4.78, 5) is 30.0. The summed E-state index contributed by atoms with van der Waals surface area (Å²) in [6.45, 7) is 17.6. The summed E-state index contributed by atoms with van der Waals surface area (Å²) in [5, 5.41) is 11.6. The van der Waals surface area contributed by atoms with Gasteiger partial charge >= 0.3 is 0 Å². The van der Waals surface area contributed by atoms with Gasteiger partial charge in [-0.3, -0.25) is 14.3 Å². The van der Waals surface area contributed by atoms with Crippen molar-refractivity contribution in [3.8, 4) is 0 Å². The molecule has 2 amide bonds. The summed E-state index contributed by atoms with van der Waals surface area (Å²) in [5.74, 6) is 0.925. The fourth-order valence-electron chi connectivity index (χ4n) is 4.75. The number of nitrogens with one attached hydrogen (secondary N) is 2. The van der Waals surface area contributed by atoms with Crippen LogP contribution >= 0.6 is 11.6 Å². The molecule has 0 bridgehead atoms. The van der Waals surface area contributed by atoms with Gasteiger partial charge in [0.1, 0.15) is 5.82 Å². The second-order valence-electron chi connectivity index (χ2n) is 9.09. The number of hydrogen-bond donors (Lipinski definition) is 2. The van der Waals surface area contributed by atoms with Gasteiger partial charge < -0.3 is 20.4 Å². The van der Waals surface area contributed by atoms with E-state index in [4.69, 9.17) is 11.6 Å². The van der Waals surface area contributed by atoms with Crippen molar-refractivity contribution < 1.29 is 9.59 Å². The molecule has 1 aromatic heterocycles. The van der Waals surface area contributed by atoms with E-state index in [9.17, 15) is 9.59 Å². The van der Waals surface area contributed by atoms with Gasteiger partial charge in [-0.1, -0.05) is 59.2 Å². The molecule has 0 unspecified atom stereocenters. The quantitative estimate of drug-likeness (QED) is 0.356. The Morgan fingerprint density at radius 3 is 2.32 bits per heavy atom. The minimum absolute atomic E-state index is 0.0985. The fraction of sp³-hybridized carbons (Fsp3) is 0.469. The summed E-state index contributed by atoms with van der Waals surface area (Å²) in [6.07, 6.45) is 2.92. The highest BCUT2D eigenvalue weighted by molar-refractivity contribution is 6.31. The van der Waals surface area contributed by atoms with E-state index < -0.39 is 0 Å². The lowest BCUT2D eigenvalue weighted by atomic mass is 10.00. The third-order valence-electron chi connectivity index (χ3n) is 6.76. The first-order chi connectivity index (χ1) is 19.9. The zero-order valence-electron chi connectivity index (χ0n) is 26.0. The number of halogens is 1. The first kappa shape index (κ1) is 33.8. The maximum Gasteiger partial charge on any atom is 0.258 e. The van der Waals surface area contributed by atoms with Gasteiger partial charge in [-0.25, -0.2) is 0 Å². The van der Waals surface area contributed by atoms with E-state index >= 15 is 0 Å². The average Bonchev–Trinajstić information content (AvgIpc) is 3.27. The lowest BCUT2D eigenvalue weighted by molar-refractivity contribution is -0.131. The Morgan fingerprint density at radius 2 is 1.66 bits per heavy atom. The molecule has 0 spiro atoms. The maximum absolute atomic E-state index is 13.7. The Morgan fingerprint density at radius 1 is 0.976 bits per heavy atom. The van der Waals surface area contributed by atoms with E-state index in [1.165, 1.54) is 0 Å². The largest absolute Gasteiger partial charge is 0.340 e. The van der Waals surface area contributed by atoms with Crippen molar-refractivity contribution >= 4 is 40.6 Å². The molecule has 2 N–H and O–H groups in total. The van der Waals surface area contributed by atoms with Gasteiger partial charge in [-0.15, -0.1) is 0 Å². The monoisotopic (exact) mass is 582 g/mol. The molecule has 5 rings (SSSR count). The number of hydrogen-bond acceptors (Lipinski definition) is 5. The Hall–Kier alpha value is -3.36. The number of rotatable bonds is 4. The molecule has 2 aromatic carbocycles. The van der Waals surface area contributed by atoms with Crippen molar-refractivity contribution in [2.45, 2.75) is 67.9 Å². The summed E-state index contributed by atoms with van der Waals surface area (Å²) in [7, 11) is 1.86. The van der Waals surface area contributed by atoms with E-state index in [0.29, 0.717) is 30.0 Å². The number of aromatic nitrogens is 2. The number of carbonyl (C=O) groups excluding carboxylic acids is 2. The number of piperazine rings is 1. The predicted octanol–water partition coefficient (Wildman–Crippen LogP) is 6.73. The van der Waals surface area contributed by atoms with Crippen LogP contribution in [0.4, 0.5) is 17.2 Å². The summed E-state index contributed by atoms with van der Waals surface area (Å²) < 4.78 is 1.76. The van der Waals surface area contributed by atoms with E-state index in [0.717, 1.165) is 60.1 Å². The van der Waals surface area contributed by atoms with Crippen LogP contribution in [0.3, 0.4) is 0 Å². The van der Waals surface area contributed by atoms with Gasteiger partial charge in [-0.2, -0.15) is 5.10 Å². The molecule has 2 aliphatic rings. The fourth-order valence-corrected chi connectivity index (χ4v) is 4.92. The van der Waals surface area contributed by atoms with Crippen LogP contribution in [0.1, 0.15) is 75.0 Å². The van der Waals surface area contributed by atoms with Gasteiger partial charge in [0.05, 0.1) is 24.1 Å². The van der Waals surface area contributed by atoms with Crippen LogP contribution in [0.2, 0.25) is 5.02 Å². The molecule has 0 atom stereocenters. The molecule has 224 valence electrons. The molecule has 3 heterocycles. The molecule has 1 fully saturated rings. The molecule has 3 aromatic rings. The number of amides is 2. The standard InChI is InChI=1S/C26H29ClN6O2.3C2H6/c1-17-13-19(4-3-18(17)5-8-24(34)32-11-9-28-10-12-32)26(35)33-16-20-15-29-31(2)25(20)30-22-14-21(27)6-7-23(22)33;3*1-2/h3-4,6-7,13-15,28,30H,5,8-12,16H2,1-2H3;3*1-2H3. The Balaban J connectivity index is 0.000000921. The molecule has 1 saturated heterocycles. The first-order valence-corrected chi connectivity index (χ1v) is 15.3. The SMILES string of the molecule is CC.CC.CC.Cc1cc(C(=O)N2Cc3cnn(C)c3Nc3cc(Cl)ccc32)ccc1CCC(=O)N1CCNCC1. The van der Waals surface area contributed by atoms with E-state index in [1.54, 1.807) is 21.8 Å². The molecule has 0 aliphatic carbocycles. The third kappa shape index (κ3) is 8.33. The van der Waals surface area contributed by atoms with Crippen LogP contribution in [0.5, 0.6) is 0 Å². The Labute approximate surface area is 251 Å². The molecular weight excluding hydrogens is 536 g/mol. The maximum atomic E-state index is 13.7. The van der Waals surface area contributed by atoms with E-state index in [2.05, 4.69) is 15.7 Å². The Bertz CT molecular complexity index is 1280. The van der Waals surface area contributed by atoms with Crippen molar-refractivity contribution in [1.29, 1.82) is 0 Å². The van der Waals surface area contributed by atoms with Crippen LogP contribution in [0, 0.1) is 6.92 Å². The van der Waals surface area contributed by atoms with Gasteiger partial charge in [-0.05, 0) is 54.8 Å². The number of anilines is 3. The van der Waals surface area contributed by atoms with Crippen LogP contribution in [-0.4, -0.2) is 52.7 Å². The molecule has 0 radical (unpaired) electrons. The zero-order valence-corrected chi connectivity index (χ0v) is 26.7. The van der Waals surface area contributed by atoms with Crippen molar-refractivity contribution in [3.63, 3.8) is 0 Å². The second kappa shape index (κ2) is 16.8. The zero-order chi connectivity index (χ0) is 30.5. The van der Waals surface area contributed by atoms with Crippen LogP contribution in [-0.2, 0) is 24.8 Å². The first-order valence-electron chi connectivity index (χ1n) is 14.9. The minimum Gasteiger partial charge on any atom is -0.340 e. The summed E-state index contributed by atoms with van der Waals surface area (Å²) in [6, 6.07) is 11.2. The topological polar surface area (TPSA) is 82.5 Å². The number of fused-ring (bicyclic) bond motifs is 2. The molecule has 8 nitrogen and oxygen atoms in total. The highest BCUT2D eigenvalue weighted by Crippen LogP contribution is 2.38. The second-order valence-corrected chi connectivity index (χ2v) is 9.53. The van der Waals surface area contributed by atoms with Crippen LogP contribution in [0.15, 0.2) is 42.6 Å². The van der Waals surface area contributed by atoms with Crippen LogP contribution < -0.4 is 15.5 Å². The molecular formula is C32H47ClN6O2. The number of nitrogens with zero attached hydrogens (tertiary/aromatic N) is 4. The minimum atomic E-state index is -0.0985. The lowest BCUT2D eigenvalue weighted by Crippen LogP contribution is -2.46. The smallest absolute Gasteiger partial charge is 0.258 e. The molecule has 9 heteroatoms. The number of benzene rings is 2. The summed E-state index contributed by atoms with van der Waals surface area (Å²) in [5.41, 5.74) is 5.15. The van der Waals surface area contributed by atoms with Gasteiger partial charge in [0, 0.05) is 55.8 Å². The normalized spacial score (nSPS) is 13.4. The van der Waals surface area contributed by atoms with Gasteiger partial charge in [0.2, 0.25) is 5.91 Å². The highest BCUT2D eigenvalue weighted by Gasteiger charge is 2.27. The van der Waals surface area contributed by atoms with Crippen molar-refractivity contribution in [1.82, 2.24) is 20.0 Å². The van der Waals surface area contributed by atoms with Crippen molar-refractivity contribution in [2.75, 3.05) is 36.4 Å². The van der Waals surface area contributed by atoms with Crippen molar-refractivity contribution in [3.05, 3.63) is 69.9 Å². The highest BCUT2D eigenvalue weighted by atomic mass is 35.5. The predicted molar refractivity (Wildman–Crippen MR) is 171 cm³/mol. The number of carbonyl (C=O) groups is 2. The molecule has 2 aliphatic heterocycles. The average molecular weight is 583 g/mol. The van der Waals surface area contributed by atoms with Crippen molar-refractivity contribution in [2.24, 2.45) is 7.05 Å². The van der Waals surface area contributed by atoms with Crippen LogP contribution in [0.25, 0.3) is 0 Å². The third-order valence-corrected chi connectivity index (χ3v) is 6.99. The molecule has 0 saturated carbocycles. The summed E-state index contributed by atoms with van der Waals surface area (Å²) >= 11 is 6.26. The van der Waals surface area contributed by atoms with E-state index in [-0.39, 0.29) is 11.8 Å². The van der Waals surface area contributed by atoms with Gasteiger partial charge in [0.25, 0.3) is 5.91 Å².